The molecule has 57 heavy (non-hydrogen) atoms. The molecule has 6 aromatic rings. The average Bonchev–Trinajstić information content (AvgIpc) is 3.89. The molecule has 2 aliphatic heterocycles. The number of hydrogen-bond donors (Lipinski definition) is 0. The smallest absolute Gasteiger partial charge is 0.201 e. The largest absolute Gasteiger partial charge is 0.469 e. The van der Waals surface area contributed by atoms with E-state index in [9.17, 15) is 0 Å². The van der Waals surface area contributed by atoms with Crippen LogP contribution in [0.2, 0.25) is 0 Å². The van der Waals surface area contributed by atoms with Gasteiger partial charge in [-0.1, -0.05) is 211 Å². The van der Waals surface area contributed by atoms with E-state index in [0.29, 0.717) is 24.6 Å². The summed E-state index contributed by atoms with van der Waals surface area (Å²) in [6.07, 6.45) is 0.516. The lowest BCUT2D eigenvalue weighted by molar-refractivity contribution is 0.154. The molecule has 4 nitrogen and oxygen atoms in total. The summed E-state index contributed by atoms with van der Waals surface area (Å²) in [5.74, 6) is 1.31. The number of hydrogen-bond acceptors (Lipinski definition) is 4. The Morgan fingerprint density at radius 3 is 0.982 bits per heavy atom. The molecule has 0 unspecified atom stereocenters. The summed E-state index contributed by atoms with van der Waals surface area (Å²) in [7, 11) is 0. The summed E-state index contributed by atoms with van der Waals surface area (Å²) in [4.78, 5) is 11.3. The molecule has 0 radical (unpaired) electrons. The molecule has 0 saturated heterocycles. The zero-order chi connectivity index (χ0) is 39.6. The van der Waals surface area contributed by atoms with Gasteiger partial charge in [-0.2, -0.15) is 0 Å². The molecule has 0 aromatic heterocycles. The maximum atomic E-state index is 7.36. The molecule has 4 atom stereocenters. The highest BCUT2D eigenvalue weighted by molar-refractivity contribution is 6.07. The molecule has 0 bridgehead atoms. The van der Waals surface area contributed by atoms with E-state index in [-0.39, 0.29) is 35.1 Å². The van der Waals surface area contributed by atoms with Gasteiger partial charge in [-0.3, -0.25) is 0 Å². The molecule has 288 valence electrons. The number of nitrogens with zero attached hydrogens (tertiary/aromatic N) is 2. The van der Waals surface area contributed by atoms with Gasteiger partial charge in [-0.05, 0) is 68.2 Å². The van der Waals surface area contributed by atoms with Crippen molar-refractivity contribution in [2.75, 3.05) is 0 Å². The number of benzene rings is 6. The van der Waals surface area contributed by atoms with E-state index in [4.69, 9.17) is 19.5 Å². The minimum absolute atomic E-state index is 0.0271. The van der Waals surface area contributed by atoms with Crippen LogP contribution in [0.1, 0.15) is 110 Å². The standard InChI is InChI=1S/C53H54N2O2/c1-51(2,3)43-31-27-37(28-32-43)35-53(36-38-29-33-44(34-30-38)52(4,5)6,49-54-45(39-19-11-7-12-20-39)47(56-49)41-23-15-9-16-24-41)50-55-46(40-21-13-8-14-22-40)48(57-50)42-25-17-10-18-26-42/h7-34,45-48H,35-36H2,1-6H3/t45-,46-,47+,48+/m1/s1. The molecule has 2 aliphatic rings. The first-order chi connectivity index (χ1) is 27.5. The van der Waals surface area contributed by atoms with Crippen LogP contribution in [0.3, 0.4) is 0 Å². The van der Waals surface area contributed by atoms with Gasteiger partial charge < -0.3 is 9.47 Å². The molecule has 0 saturated carbocycles. The summed E-state index contributed by atoms with van der Waals surface area (Å²) in [6, 6.07) is 59.8. The van der Waals surface area contributed by atoms with Crippen LogP contribution in [0.5, 0.6) is 0 Å². The second-order valence-electron chi connectivity index (χ2n) is 17.8. The Hall–Kier alpha value is -5.74. The molecule has 4 heteroatoms. The molecule has 0 aliphatic carbocycles. The summed E-state index contributed by atoms with van der Waals surface area (Å²) in [5, 5.41) is 0. The SMILES string of the molecule is CC(C)(C)c1ccc(CC(Cc2ccc(C(C)(C)C)cc2)(C2=N[C@H](c3ccccc3)[C@H](c3ccccc3)O2)C2=N[C@H](c3ccccc3)[C@H](c3ccccc3)O2)cc1. The number of rotatable bonds is 10. The zero-order valence-corrected chi connectivity index (χ0v) is 34.1. The zero-order valence-electron chi connectivity index (χ0n) is 34.1. The maximum absolute atomic E-state index is 7.36. The topological polar surface area (TPSA) is 43.2 Å². The normalized spacial score (nSPS) is 19.7. The van der Waals surface area contributed by atoms with Crippen LogP contribution in [0.15, 0.2) is 180 Å². The van der Waals surface area contributed by atoms with Gasteiger partial charge in [0.1, 0.15) is 17.5 Å². The van der Waals surface area contributed by atoms with Gasteiger partial charge in [0.15, 0.2) is 12.2 Å². The fourth-order valence-corrected chi connectivity index (χ4v) is 8.27. The molecular formula is C53H54N2O2. The lowest BCUT2D eigenvalue weighted by atomic mass is 9.74. The van der Waals surface area contributed by atoms with Crippen molar-refractivity contribution in [3.8, 4) is 0 Å². The van der Waals surface area contributed by atoms with Gasteiger partial charge in [0.05, 0.1) is 0 Å². The molecule has 2 heterocycles. The molecule has 0 spiro atoms. The van der Waals surface area contributed by atoms with Crippen LogP contribution in [0.4, 0.5) is 0 Å². The van der Waals surface area contributed by atoms with Crippen molar-refractivity contribution in [3.05, 3.63) is 214 Å². The van der Waals surface area contributed by atoms with Crippen molar-refractivity contribution in [2.24, 2.45) is 15.4 Å². The Morgan fingerprint density at radius 2 is 0.684 bits per heavy atom. The van der Waals surface area contributed by atoms with E-state index >= 15 is 0 Å². The van der Waals surface area contributed by atoms with E-state index < -0.39 is 5.41 Å². The van der Waals surface area contributed by atoms with Crippen LogP contribution in [-0.2, 0) is 33.1 Å². The summed E-state index contributed by atoms with van der Waals surface area (Å²) < 4.78 is 14.7. The quantitative estimate of drug-likeness (QED) is 0.140. The molecule has 0 fully saturated rings. The fourth-order valence-electron chi connectivity index (χ4n) is 8.27. The molecule has 6 aromatic carbocycles. The van der Waals surface area contributed by atoms with Crippen molar-refractivity contribution in [3.63, 3.8) is 0 Å². The lowest BCUT2D eigenvalue weighted by Crippen LogP contribution is -2.44. The van der Waals surface area contributed by atoms with Crippen LogP contribution in [-0.4, -0.2) is 11.8 Å². The van der Waals surface area contributed by atoms with Crippen molar-refractivity contribution >= 4 is 11.8 Å². The van der Waals surface area contributed by atoms with E-state index in [0.717, 1.165) is 22.3 Å². The Bertz CT molecular complexity index is 2130. The third-order valence-electron chi connectivity index (χ3n) is 11.6. The lowest BCUT2D eigenvalue weighted by Gasteiger charge is -2.34. The first-order valence-corrected chi connectivity index (χ1v) is 20.4. The van der Waals surface area contributed by atoms with Crippen molar-refractivity contribution < 1.29 is 9.47 Å². The van der Waals surface area contributed by atoms with Gasteiger partial charge in [0, 0.05) is 0 Å². The predicted molar refractivity (Wildman–Crippen MR) is 234 cm³/mol. The average molecular weight is 751 g/mol. The van der Waals surface area contributed by atoms with Gasteiger partial charge in [0.25, 0.3) is 0 Å². The van der Waals surface area contributed by atoms with Crippen LogP contribution in [0.25, 0.3) is 0 Å². The number of ether oxygens (including phenoxy) is 2. The predicted octanol–water partition coefficient (Wildman–Crippen LogP) is 12.9. The summed E-state index contributed by atoms with van der Waals surface area (Å²) >= 11 is 0. The highest BCUT2D eigenvalue weighted by Crippen LogP contribution is 2.50. The van der Waals surface area contributed by atoms with E-state index in [1.54, 1.807) is 0 Å². The minimum atomic E-state index is -0.889. The Morgan fingerprint density at radius 1 is 0.386 bits per heavy atom. The van der Waals surface area contributed by atoms with E-state index in [2.05, 4.69) is 211 Å². The van der Waals surface area contributed by atoms with E-state index in [1.165, 1.54) is 22.3 Å². The van der Waals surface area contributed by atoms with Crippen molar-refractivity contribution in [1.82, 2.24) is 0 Å². The fraction of sp³-hybridized carbons (Fsp3) is 0.283. The van der Waals surface area contributed by atoms with Crippen LogP contribution >= 0.6 is 0 Å². The van der Waals surface area contributed by atoms with Gasteiger partial charge in [-0.15, -0.1) is 0 Å². The summed E-state index contributed by atoms with van der Waals surface area (Å²) in [5.41, 5.74) is 8.48. The highest BCUT2D eigenvalue weighted by atomic mass is 16.5. The summed E-state index contributed by atoms with van der Waals surface area (Å²) in [6.45, 7) is 13.6. The van der Waals surface area contributed by atoms with Crippen LogP contribution in [0, 0.1) is 5.41 Å². The Labute approximate surface area is 339 Å². The van der Waals surface area contributed by atoms with Gasteiger partial charge in [-0.25, -0.2) is 9.98 Å². The second kappa shape index (κ2) is 15.7. The molecule has 0 amide bonds. The minimum Gasteiger partial charge on any atom is -0.469 e. The molecule has 0 N–H and O–H groups in total. The van der Waals surface area contributed by atoms with Crippen LogP contribution < -0.4 is 0 Å². The van der Waals surface area contributed by atoms with Gasteiger partial charge in [0.2, 0.25) is 11.8 Å². The monoisotopic (exact) mass is 750 g/mol. The van der Waals surface area contributed by atoms with Gasteiger partial charge >= 0.3 is 0 Å². The maximum Gasteiger partial charge on any atom is 0.201 e. The highest BCUT2D eigenvalue weighted by Gasteiger charge is 2.53. The molecular weight excluding hydrogens is 697 g/mol. The Balaban J connectivity index is 1.35. The third kappa shape index (κ3) is 8.09. The van der Waals surface area contributed by atoms with Crippen molar-refractivity contribution in [2.45, 2.75) is 89.5 Å². The number of aliphatic imine (C=N–C) groups is 2. The first-order valence-electron chi connectivity index (χ1n) is 20.4. The second-order valence-corrected chi connectivity index (χ2v) is 17.8. The van der Waals surface area contributed by atoms with E-state index in [1.807, 2.05) is 0 Å². The van der Waals surface area contributed by atoms with Crippen molar-refractivity contribution in [1.29, 1.82) is 0 Å². The molecule has 8 rings (SSSR count). The third-order valence-corrected chi connectivity index (χ3v) is 11.6. The Kier molecular flexibility index (Phi) is 10.5. The first kappa shape index (κ1) is 38.1.